The van der Waals surface area contributed by atoms with E-state index in [1.54, 1.807) is 7.11 Å². The van der Waals surface area contributed by atoms with Gasteiger partial charge in [-0.15, -0.1) is 0 Å². The summed E-state index contributed by atoms with van der Waals surface area (Å²) >= 11 is 0. The number of fused-ring (bicyclic) bond motifs is 1. The molecule has 3 aromatic rings. The molecule has 0 unspecified atom stereocenters. The molecule has 0 aliphatic heterocycles. The first-order valence-electron chi connectivity index (χ1n) is 8.76. The molecule has 1 aromatic heterocycles. The molecule has 0 bridgehead atoms. The van der Waals surface area contributed by atoms with Gasteiger partial charge in [-0.3, -0.25) is 0 Å². The van der Waals surface area contributed by atoms with Crippen LogP contribution in [0.15, 0.2) is 48.5 Å². The van der Waals surface area contributed by atoms with Crippen LogP contribution >= 0.6 is 0 Å². The summed E-state index contributed by atoms with van der Waals surface area (Å²) in [5.41, 5.74) is 1.96. The summed E-state index contributed by atoms with van der Waals surface area (Å²) in [5.74, 6) is 2.46. The Morgan fingerprint density at radius 2 is 1.85 bits per heavy atom. The largest absolute Gasteiger partial charge is 0.493 e. The summed E-state index contributed by atoms with van der Waals surface area (Å²) in [7, 11) is 1.61. The monoisotopic (exact) mass is 352 g/mol. The predicted molar refractivity (Wildman–Crippen MR) is 105 cm³/mol. The zero-order chi connectivity index (χ0) is 18.5. The van der Waals surface area contributed by atoms with Crippen LogP contribution in [0.4, 0.5) is 5.69 Å². The van der Waals surface area contributed by atoms with Crippen molar-refractivity contribution >= 4 is 16.6 Å². The summed E-state index contributed by atoms with van der Waals surface area (Å²) in [6.07, 6.45) is 0.0979. The maximum atomic E-state index is 5.94. The van der Waals surface area contributed by atoms with Crippen molar-refractivity contribution < 1.29 is 14.2 Å². The van der Waals surface area contributed by atoms with E-state index in [1.807, 2.05) is 56.3 Å². The van der Waals surface area contributed by atoms with Crippen molar-refractivity contribution in [2.24, 2.45) is 0 Å². The van der Waals surface area contributed by atoms with Crippen LogP contribution < -0.4 is 19.5 Å². The van der Waals surface area contributed by atoms with Gasteiger partial charge in [-0.25, -0.2) is 4.98 Å². The zero-order valence-corrected chi connectivity index (χ0v) is 15.6. The van der Waals surface area contributed by atoms with Crippen LogP contribution in [0.1, 0.15) is 20.8 Å². The Hall–Kier alpha value is -2.95. The minimum atomic E-state index is 0.0979. The predicted octanol–water partition coefficient (Wildman–Crippen LogP) is 5.25. The van der Waals surface area contributed by atoms with Crippen molar-refractivity contribution in [3.63, 3.8) is 0 Å². The molecule has 0 aliphatic carbocycles. The lowest BCUT2D eigenvalue weighted by atomic mass is 10.2. The van der Waals surface area contributed by atoms with Crippen LogP contribution in [-0.2, 0) is 0 Å². The molecule has 5 heteroatoms. The van der Waals surface area contributed by atoms with E-state index in [4.69, 9.17) is 14.2 Å². The molecule has 0 radical (unpaired) electrons. The molecule has 0 aliphatic rings. The number of pyridine rings is 1. The lowest BCUT2D eigenvalue weighted by molar-refractivity contribution is 0.240. The van der Waals surface area contributed by atoms with Gasteiger partial charge in [0, 0.05) is 29.8 Å². The average molecular weight is 352 g/mol. The van der Waals surface area contributed by atoms with Crippen LogP contribution in [0.3, 0.4) is 0 Å². The standard InChI is InChI=1S/C21H24N2O3/c1-5-22-16-7-9-18-15(12-16)6-11-21(23-18)26-19-10-8-17(25-14(2)3)13-20(19)24-4/h6-14,22H,5H2,1-4H3. The number of benzene rings is 2. The number of nitrogens with zero attached hydrogens (tertiary/aromatic N) is 1. The minimum Gasteiger partial charge on any atom is -0.493 e. The van der Waals surface area contributed by atoms with E-state index >= 15 is 0 Å². The molecular formula is C21H24N2O3. The van der Waals surface area contributed by atoms with E-state index in [0.717, 1.165) is 28.9 Å². The lowest BCUT2D eigenvalue weighted by Gasteiger charge is -2.14. The first-order chi connectivity index (χ1) is 12.6. The van der Waals surface area contributed by atoms with E-state index in [-0.39, 0.29) is 6.10 Å². The molecule has 1 heterocycles. The molecule has 0 amide bonds. The number of rotatable bonds is 7. The van der Waals surface area contributed by atoms with Gasteiger partial charge in [0.05, 0.1) is 18.7 Å². The van der Waals surface area contributed by atoms with Crippen molar-refractivity contribution in [3.05, 3.63) is 48.5 Å². The maximum Gasteiger partial charge on any atom is 0.219 e. The molecule has 3 rings (SSSR count). The highest BCUT2D eigenvalue weighted by Crippen LogP contribution is 2.35. The lowest BCUT2D eigenvalue weighted by Crippen LogP contribution is -2.05. The molecule has 0 saturated heterocycles. The van der Waals surface area contributed by atoms with E-state index in [1.165, 1.54) is 0 Å². The molecule has 2 aromatic carbocycles. The quantitative estimate of drug-likeness (QED) is 0.629. The van der Waals surface area contributed by atoms with Crippen LogP contribution in [0.25, 0.3) is 10.9 Å². The Morgan fingerprint density at radius 3 is 2.58 bits per heavy atom. The normalized spacial score (nSPS) is 10.8. The van der Waals surface area contributed by atoms with E-state index in [9.17, 15) is 0 Å². The van der Waals surface area contributed by atoms with E-state index < -0.39 is 0 Å². The molecule has 0 saturated carbocycles. The highest BCUT2D eigenvalue weighted by atomic mass is 16.5. The topological polar surface area (TPSA) is 52.6 Å². The molecule has 136 valence electrons. The average Bonchev–Trinajstić information content (AvgIpc) is 2.63. The van der Waals surface area contributed by atoms with E-state index in [2.05, 4.69) is 23.3 Å². The summed E-state index contributed by atoms with van der Waals surface area (Å²) in [5, 5.41) is 4.36. The van der Waals surface area contributed by atoms with Gasteiger partial charge < -0.3 is 19.5 Å². The van der Waals surface area contributed by atoms with Gasteiger partial charge >= 0.3 is 0 Å². The van der Waals surface area contributed by atoms with Gasteiger partial charge in [0.15, 0.2) is 11.5 Å². The minimum absolute atomic E-state index is 0.0979. The van der Waals surface area contributed by atoms with Crippen LogP contribution in [0.2, 0.25) is 0 Å². The highest BCUT2D eigenvalue weighted by Gasteiger charge is 2.10. The number of anilines is 1. The number of hydrogen-bond donors (Lipinski definition) is 1. The molecule has 0 spiro atoms. The second-order valence-corrected chi connectivity index (χ2v) is 6.17. The van der Waals surface area contributed by atoms with Crippen LogP contribution in [0.5, 0.6) is 23.1 Å². The number of ether oxygens (including phenoxy) is 3. The summed E-state index contributed by atoms with van der Waals surface area (Å²) in [6.45, 7) is 6.93. The van der Waals surface area contributed by atoms with Crippen molar-refractivity contribution in [2.75, 3.05) is 19.0 Å². The molecule has 0 fully saturated rings. The van der Waals surface area contributed by atoms with Crippen molar-refractivity contribution in [1.82, 2.24) is 4.98 Å². The third-order valence-corrected chi connectivity index (χ3v) is 3.77. The summed E-state index contributed by atoms with van der Waals surface area (Å²) in [6, 6.07) is 15.4. The Kier molecular flexibility index (Phi) is 5.46. The van der Waals surface area contributed by atoms with Gasteiger partial charge in [-0.05, 0) is 57.2 Å². The number of nitrogens with one attached hydrogen (secondary N) is 1. The Labute approximate surface area is 153 Å². The van der Waals surface area contributed by atoms with E-state index in [0.29, 0.717) is 17.4 Å². The fraction of sp³-hybridized carbons (Fsp3) is 0.286. The summed E-state index contributed by atoms with van der Waals surface area (Å²) in [4.78, 5) is 4.58. The SMILES string of the molecule is CCNc1ccc2nc(Oc3ccc(OC(C)C)cc3OC)ccc2c1. The number of aromatic nitrogens is 1. The molecule has 0 atom stereocenters. The number of methoxy groups -OCH3 is 1. The van der Waals surface area contributed by atoms with Gasteiger partial charge in [0.25, 0.3) is 0 Å². The molecule has 5 nitrogen and oxygen atoms in total. The fourth-order valence-electron chi connectivity index (χ4n) is 2.67. The van der Waals surface area contributed by atoms with Gasteiger partial charge in [-0.2, -0.15) is 0 Å². The van der Waals surface area contributed by atoms with Crippen molar-refractivity contribution in [3.8, 4) is 23.1 Å². The zero-order valence-electron chi connectivity index (χ0n) is 15.6. The van der Waals surface area contributed by atoms with Gasteiger partial charge in [0.2, 0.25) is 5.88 Å². The number of hydrogen-bond acceptors (Lipinski definition) is 5. The second kappa shape index (κ2) is 7.95. The summed E-state index contributed by atoms with van der Waals surface area (Å²) < 4.78 is 17.1. The Morgan fingerprint density at radius 1 is 1.00 bits per heavy atom. The fourth-order valence-corrected chi connectivity index (χ4v) is 2.67. The first kappa shape index (κ1) is 17.9. The maximum absolute atomic E-state index is 5.94. The third kappa shape index (κ3) is 4.17. The van der Waals surface area contributed by atoms with Crippen LogP contribution in [-0.4, -0.2) is 24.7 Å². The first-order valence-corrected chi connectivity index (χ1v) is 8.76. The van der Waals surface area contributed by atoms with Crippen molar-refractivity contribution in [2.45, 2.75) is 26.9 Å². The Balaban J connectivity index is 1.84. The van der Waals surface area contributed by atoms with Crippen molar-refractivity contribution in [1.29, 1.82) is 0 Å². The highest BCUT2D eigenvalue weighted by molar-refractivity contribution is 5.82. The van der Waals surface area contributed by atoms with Gasteiger partial charge in [0.1, 0.15) is 5.75 Å². The molecule has 26 heavy (non-hydrogen) atoms. The third-order valence-electron chi connectivity index (χ3n) is 3.77. The van der Waals surface area contributed by atoms with Gasteiger partial charge in [-0.1, -0.05) is 0 Å². The smallest absolute Gasteiger partial charge is 0.219 e. The molecule has 1 N–H and O–H groups in total. The molecular weight excluding hydrogens is 328 g/mol. The second-order valence-electron chi connectivity index (χ2n) is 6.17. The Bertz CT molecular complexity index is 894. The van der Waals surface area contributed by atoms with Crippen LogP contribution in [0, 0.1) is 0 Å².